The predicted octanol–water partition coefficient (Wildman–Crippen LogP) is 3.64. The van der Waals surface area contributed by atoms with Gasteiger partial charge in [0, 0.05) is 26.2 Å². The standard InChI is InChI=1S/C19H19Cl2FN2O3/c20-15-9-16(21)18(25)24(17(15)11-23-7-6-14(22)10-23)8-5-12-1-3-13(4-2-12)19(26)27/h1-4,9,14H,5-8,10-11H2,(H,26,27)/t14-/m0/s1. The lowest BCUT2D eigenvalue weighted by Gasteiger charge is -2.20. The molecule has 0 aliphatic carbocycles. The van der Waals surface area contributed by atoms with Crippen molar-refractivity contribution in [3.05, 3.63) is 67.6 Å². The molecule has 1 aliphatic heterocycles. The Morgan fingerprint density at radius 2 is 1.93 bits per heavy atom. The molecule has 0 saturated carbocycles. The van der Waals surface area contributed by atoms with Crippen LogP contribution in [0.15, 0.2) is 35.1 Å². The summed E-state index contributed by atoms with van der Waals surface area (Å²) in [6, 6.07) is 7.92. The highest BCUT2D eigenvalue weighted by atomic mass is 35.5. The van der Waals surface area contributed by atoms with Gasteiger partial charge in [-0.2, -0.15) is 0 Å². The minimum atomic E-state index is -0.988. The number of carboxylic acid groups (broad SMARTS) is 1. The Hall–Kier alpha value is -1.89. The minimum Gasteiger partial charge on any atom is -0.478 e. The first-order chi connectivity index (χ1) is 12.8. The van der Waals surface area contributed by atoms with Gasteiger partial charge in [0.2, 0.25) is 0 Å². The van der Waals surface area contributed by atoms with Gasteiger partial charge in [-0.15, -0.1) is 0 Å². The molecule has 2 heterocycles. The van der Waals surface area contributed by atoms with Crippen molar-refractivity contribution in [2.24, 2.45) is 0 Å². The fourth-order valence-corrected chi connectivity index (χ4v) is 3.77. The molecule has 0 spiro atoms. The summed E-state index contributed by atoms with van der Waals surface area (Å²) >= 11 is 12.3. The topological polar surface area (TPSA) is 62.5 Å². The van der Waals surface area contributed by atoms with E-state index >= 15 is 0 Å². The summed E-state index contributed by atoms with van der Waals surface area (Å²) in [6.07, 6.45) is 0.129. The van der Waals surface area contributed by atoms with Gasteiger partial charge in [-0.3, -0.25) is 9.69 Å². The molecule has 1 atom stereocenters. The quantitative estimate of drug-likeness (QED) is 0.786. The summed E-state index contributed by atoms with van der Waals surface area (Å²) in [6.45, 7) is 1.66. The number of rotatable bonds is 6. The van der Waals surface area contributed by atoms with E-state index < -0.39 is 12.1 Å². The van der Waals surface area contributed by atoms with E-state index in [2.05, 4.69) is 0 Å². The molecule has 144 valence electrons. The fourth-order valence-electron chi connectivity index (χ4n) is 3.23. The molecule has 1 aromatic carbocycles. The van der Waals surface area contributed by atoms with E-state index in [1.54, 1.807) is 12.1 Å². The molecule has 3 rings (SSSR count). The lowest BCUT2D eigenvalue weighted by molar-refractivity contribution is 0.0697. The molecule has 1 saturated heterocycles. The van der Waals surface area contributed by atoms with Gasteiger partial charge in [0.1, 0.15) is 11.2 Å². The second kappa shape index (κ2) is 8.42. The number of pyridine rings is 1. The van der Waals surface area contributed by atoms with Crippen molar-refractivity contribution in [1.29, 1.82) is 0 Å². The number of likely N-dealkylation sites (tertiary alicyclic amines) is 1. The van der Waals surface area contributed by atoms with Crippen molar-refractivity contribution in [1.82, 2.24) is 9.47 Å². The van der Waals surface area contributed by atoms with Crippen molar-refractivity contribution >= 4 is 29.2 Å². The van der Waals surface area contributed by atoms with Crippen LogP contribution in [-0.4, -0.2) is 39.8 Å². The fraction of sp³-hybridized carbons (Fsp3) is 0.368. The number of hydrogen-bond donors (Lipinski definition) is 1. The molecule has 2 aromatic rings. The van der Waals surface area contributed by atoms with Gasteiger partial charge in [-0.1, -0.05) is 35.3 Å². The van der Waals surface area contributed by atoms with Gasteiger partial charge in [0.05, 0.1) is 16.3 Å². The highest BCUT2D eigenvalue weighted by molar-refractivity contribution is 6.34. The zero-order valence-corrected chi connectivity index (χ0v) is 16.0. The zero-order valence-electron chi connectivity index (χ0n) is 14.5. The molecule has 0 unspecified atom stereocenters. The Bertz CT molecular complexity index is 899. The second-order valence-electron chi connectivity index (χ2n) is 6.62. The number of hydrogen-bond acceptors (Lipinski definition) is 3. The molecular formula is C19H19Cl2FN2O3. The Balaban J connectivity index is 1.82. The molecule has 0 bridgehead atoms. The summed E-state index contributed by atoms with van der Waals surface area (Å²) in [5.74, 6) is -0.988. The summed E-state index contributed by atoms with van der Waals surface area (Å²) < 4.78 is 15.0. The van der Waals surface area contributed by atoms with Gasteiger partial charge >= 0.3 is 5.97 Å². The maximum atomic E-state index is 13.5. The molecule has 1 aromatic heterocycles. The number of aromatic nitrogens is 1. The molecule has 27 heavy (non-hydrogen) atoms. The monoisotopic (exact) mass is 412 g/mol. The summed E-state index contributed by atoms with van der Waals surface area (Å²) in [7, 11) is 0. The normalized spacial score (nSPS) is 17.4. The molecule has 5 nitrogen and oxygen atoms in total. The first kappa shape index (κ1) is 19.9. The molecule has 1 aliphatic rings. The van der Waals surface area contributed by atoms with Gasteiger partial charge in [0.15, 0.2) is 0 Å². The third-order valence-corrected chi connectivity index (χ3v) is 5.32. The molecule has 1 N–H and O–H groups in total. The van der Waals surface area contributed by atoms with Gasteiger partial charge in [0.25, 0.3) is 5.56 Å². The maximum absolute atomic E-state index is 13.5. The number of carbonyl (C=O) groups is 1. The smallest absolute Gasteiger partial charge is 0.335 e. The third-order valence-electron chi connectivity index (χ3n) is 4.72. The van der Waals surface area contributed by atoms with E-state index in [1.807, 2.05) is 4.90 Å². The zero-order chi connectivity index (χ0) is 19.6. The first-order valence-electron chi connectivity index (χ1n) is 8.61. The molecule has 0 radical (unpaired) electrons. The van der Waals surface area contributed by atoms with Crippen LogP contribution in [0, 0.1) is 0 Å². The van der Waals surface area contributed by atoms with Crippen molar-refractivity contribution in [2.45, 2.75) is 32.1 Å². The predicted molar refractivity (Wildman–Crippen MR) is 103 cm³/mol. The minimum absolute atomic E-state index is 0.0368. The Morgan fingerprint density at radius 1 is 1.22 bits per heavy atom. The Morgan fingerprint density at radius 3 is 2.52 bits per heavy atom. The first-order valence-corrected chi connectivity index (χ1v) is 9.37. The number of alkyl halides is 1. The van der Waals surface area contributed by atoms with Gasteiger partial charge < -0.3 is 9.67 Å². The van der Waals surface area contributed by atoms with Crippen LogP contribution < -0.4 is 5.56 Å². The number of nitrogens with zero attached hydrogens (tertiary/aromatic N) is 2. The summed E-state index contributed by atoms with van der Waals surface area (Å²) in [4.78, 5) is 25.4. The number of benzene rings is 1. The average molecular weight is 413 g/mol. The lowest BCUT2D eigenvalue weighted by atomic mass is 10.1. The Kier molecular flexibility index (Phi) is 6.19. The van der Waals surface area contributed by atoms with Crippen LogP contribution in [0.2, 0.25) is 10.0 Å². The van der Waals surface area contributed by atoms with Gasteiger partial charge in [-0.25, -0.2) is 9.18 Å². The molecule has 0 amide bonds. The van der Waals surface area contributed by atoms with Crippen LogP contribution in [0.25, 0.3) is 0 Å². The SMILES string of the molecule is O=C(O)c1ccc(CCn2c(CN3CC[C@H](F)C3)c(Cl)cc(Cl)c2=O)cc1. The van der Waals surface area contributed by atoms with Crippen LogP contribution in [0.1, 0.15) is 28.0 Å². The summed E-state index contributed by atoms with van der Waals surface area (Å²) in [5.41, 5.74) is 1.37. The number of aryl methyl sites for hydroxylation is 1. The number of halogens is 3. The largest absolute Gasteiger partial charge is 0.478 e. The van der Waals surface area contributed by atoms with Crippen LogP contribution in [0.5, 0.6) is 0 Å². The van der Waals surface area contributed by atoms with Crippen molar-refractivity contribution < 1.29 is 14.3 Å². The average Bonchev–Trinajstić information content (AvgIpc) is 3.04. The maximum Gasteiger partial charge on any atom is 0.335 e. The van der Waals surface area contributed by atoms with Crippen LogP contribution in [0.3, 0.4) is 0 Å². The van der Waals surface area contributed by atoms with Crippen molar-refractivity contribution in [3.63, 3.8) is 0 Å². The van der Waals surface area contributed by atoms with Crippen LogP contribution in [0.4, 0.5) is 4.39 Å². The van der Waals surface area contributed by atoms with E-state index in [1.165, 1.54) is 22.8 Å². The van der Waals surface area contributed by atoms with E-state index in [4.69, 9.17) is 28.3 Å². The van der Waals surface area contributed by atoms with E-state index in [0.717, 1.165) is 5.56 Å². The Labute approximate surface area is 165 Å². The van der Waals surface area contributed by atoms with Crippen LogP contribution >= 0.6 is 23.2 Å². The number of carboxylic acids is 1. The highest BCUT2D eigenvalue weighted by Crippen LogP contribution is 2.23. The second-order valence-corrected chi connectivity index (χ2v) is 7.43. The third kappa shape index (κ3) is 4.69. The molecule has 1 fully saturated rings. The van der Waals surface area contributed by atoms with Crippen molar-refractivity contribution in [2.75, 3.05) is 13.1 Å². The highest BCUT2D eigenvalue weighted by Gasteiger charge is 2.24. The van der Waals surface area contributed by atoms with E-state index in [0.29, 0.717) is 49.7 Å². The molecule has 8 heteroatoms. The molecular weight excluding hydrogens is 394 g/mol. The van der Waals surface area contributed by atoms with Crippen molar-refractivity contribution in [3.8, 4) is 0 Å². The number of aromatic carboxylic acids is 1. The summed E-state index contributed by atoms with van der Waals surface area (Å²) in [5, 5.41) is 9.38. The van der Waals surface area contributed by atoms with E-state index in [9.17, 15) is 14.0 Å². The van der Waals surface area contributed by atoms with Crippen LogP contribution in [-0.2, 0) is 19.5 Å². The van der Waals surface area contributed by atoms with Gasteiger partial charge in [-0.05, 0) is 36.6 Å². The van der Waals surface area contributed by atoms with E-state index in [-0.39, 0.29) is 16.1 Å². The lowest BCUT2D eigenvalue weighted by Crippen LogP contribution is -2.30.